The van der Waals surface area contributed by atoms with Crippen LogP contribution in [-0.4, -0.2) is 48.1 Å². The Morgan fingerprint density at radius 3 is 2.40 bits per heavy atom. The third-order valence-corrected chi connectivity index (χ3v) is 5.17. The number of aromatic carboxylic acids is 1. The number of hydrogen-bond donors (Lipinski definition) is 2. The topological polar surface area (TPSA) is 69.6 Å². The van der Waals surface area contributed by atoms with Gasteiger partial charge in [-0.1, -0.05) is 12.8 Å². The lowest BCUT2D eigenvalue weighted by molar-refractivity contribution is 0.0702. The van der Waals surface area contributed by atoms with Crippen molar-refractivity contribution in [2.45, 2.75) is 31.2 Å². The quantitative estimate of drug-likeness (QED) is 0.872. The van der Waals surface area contributed by atoms with Crippen LogP contribution in [0.25, 0.3) is 0 Å². The zero-order valence-electron chi connectivity index (χ0n) is 11.8. The van der Waals surface area contributed by atoms with Crippen molar-refractivity contribution in [2.24, 2.45) is 0 Å². The van der Waals surface area contributed by atoms with Crippen molar-refractivity contribution in [1.29, 1.82) is 0 Å². The highest BCUT2D eigenvalue weighted by Gasteiger charge is 2.36. The van der Waals surface area contributed by atoms with E-state index in [1.54, 1.807) is 6.07 Å². The third kappa shape index (κ3) is 3.02. The van der Waals surface area contributed by atoms with E-state index in [1.165, 1.54) is 18.9 Å². The highest BCUT2D eigenvalue weighted by molar-refractivity contribution is 7.15. The number of carbonyl (C=O) groups is 2. The maximum atomic E-state index is 12.1. The normalized spacial score (nSPS) is 17.4. The number of carbonyl (C=O) groups excluding carboxylic acids is 1. The van der Waals surface area contributed by atoms with E-state index in [1.807, 2.05) is 14.1 Å². The van der Waals surface area contributed by atoms with Gasteiger partial charge in [-0.2, -0.15) is 0 Å². The van der Waals surface area contributed by atoms with E-state index in [0.29, 0.717) is 11.4 Å². The summed E-state index contributed by atoms with van der Waals surface area (Å²) >= 11 is 1.01. The predicted molar refractivity (Wildman–Crippen MR) is 78.5 cm³/mol. The van der Waals surface area contributed by atoms with Crippen LogP contribution in [0, 0.1) is 0 Å². The molecule has 1 aliphatic rings. The average molecular weight is 296 g/mol. The van der Waals surface area contributed by atoms with Gasteiger partial charge in [0.25, 0.3) is 5.91 Å². The molecule has 0 aromatic carbocycles. The molecule has 5 nitrogen and oxygen atoms in total. The monoisotopic (exact) mass is 296 g/mol. The van der Waals surface area contributed by atoms with Crippen LogP contribution in [0.4, 0.5) is 0 Å². The lowest BCUT2D eigenvalue weighted by Crippen LogP contribution is -2.50. The summed E-state index contributed by atoms with van der Waals surface area (Å²) in [5.74, 6) is -1.18. The van der Waals surface area contributed by atoms with Crippen molar-refractivity contribution < 1.29 is 14.7 Å². The van der Waals surface area contributed by atoms with Gasteiger partial charge in [-0.25, -0.2) is 4.79 Å². The van der Waals surface area contributed by atoms with Gasteiger partial charge in [0.05, 0.1) is 4.88 Å². The molecule has 20 heavy (non-hydrogen) atoms. The standard InChI is InChI=1S/C14H20N2O3S/c1-16(2)14(7-3-4-8-14)9-15-12(17)10-5-6-11(20-10)13(18)19/h5-6H,3-4,7-9H2,1-2H3,(H,15,17)(H,18,19). The minimum atomic E-state index is -0.991. The number of nitrogens with one attached hydrogen (secondary N) is 1. The smallest absolute Gasteiger partial charge is 0.345 e. The second-order valence-corrected chi connectivity index (χ2v) is 6.56. The first-order valence-electron chi connectivity index (χ1n) is 6.73. The van der Waals surface area contributed by atoms with Crippen LogP contribution in [0.5, 0.6) is 0 Å². The van der Waals surface area contributed by atoms with Crippen LogP contribution in [-0.2, 0) is 0 Å². The summed E-state index contributed by atoms with van der Waals surface area (Å²) in [5.41, 5.74) is 0.0442. The first-order valence-corrected chi connectivity index (χ1v) is 7.55. The molecule has 1 aromatic rings. The molecule has 2 N–H and O–H groups in total. The molecule has 110 valence electrons. The number of carboxylic acids is 1. The molecule has 1 aliphatic carbocycles. The van der Waals surface area contributed by atoms with Crippen LogP contribution in [0.15, 0.2) is 12.1 Å². The molecular formula is C14H20N2O3S. The van der Waals surface area contributed by atoms with Crippen LogP contribution < -0.4 is 5.32 Å². The van der Waals surface area contributed by atoms with Crippen molar-refractivity contribution in [3.63, 3.8) is 0 Å². The van der Waals surface area contributed by atoms with E-state index in [9.17, 15) is 9.59 Å². The fourth-order valence-corrected chi connectivity index (χ4v) is 3.48. The van der Waals surface area contributed by atoms with Crippen molar-refractivity contribution in [3.05, 3.63) is 21.9 Å². The lowest BCUT2D eigenvalue weighted by atomic mass is 9.96. The lowest BCUT2D eigenvalue weighted by Gasteiger charge is -2.36. The van der Waals surface area contributed by atoms with Crippen LogP contribution in [0.1, 0.15) is 45.0 Å². The molecule has 1 amide bonds. The molecule has 1 heterocycles. The maximum Gasteiger partial charge on any atom is 0.345 e. The molecule has 1 fully saturated rings. The molecule has 1 aromatic heterocycles. The van der Waals surface area contributed by atoms with E-state index < -0.39 is 5.97 Å². The Morgan fingerprint density at radius 2 is 1.90 bits per heavy atom. The minimum Gasteiger partial charge on any atom is -0.477 e. The highest BCUT2D eigenvalue weighted by Crippen LogP contribution is 2.33. The van der Waals surface area contributed by atoms with E-state index in [2.05, 4.69) is 10.2 Å². The first kappa shape index (κ1) is 15.0. The van der Waals surface area contributed by atoms with Gasteiger partial charge in [0.15, 0.2) is 0 Å². The molecule has 2 rings (SSSR count). The van der Waals surface area contributed by atoms with Crippen molar-refractivity contribution in [2.75, 3.05) is 20.6 Å². The second kappa shape index (κ2) is 5.93. The molecule has 0 saturated heterocycles. The summed E-state index contributed by atoms with van der Waals surface area (Å²) in [6, 6.07) is 3.04. The Bertz CT molecular complexity index is 504. The number of amides is 1. The van der Waals surface area contributed by atoms with E-state index in [4.69, 9.17) is 5.11 Å². The minimum absolute atomic E-state index is 0.0442. The van der Waals surface area contributed by atoms with Crippen LogP contribution >= 0.6 is 11.3 Å². The fourth-order valence-electron chi connectivity index (χ4n) is 2.72. The molecule has 1 saturated carbocycles. The number of likely N-dealkylation sites (N-methyl/N-ethyl adjacent to an activating group) is 1. The Morgan fingerprint density at radius 1 is 1.30 bits per heavy atom. The van der Waals surface area contributed by atoms with Gasteiger partial charge in [0.2, 0.25) is 0 Å². The van der Waals surface area contributed by atoms with Gasteiger partial charge < -0.3 is 15.3 Å². The Hall–Kier alpha value is -1.40. The Balaban J connectivity index is 1.99. The van der Waals surface area contributed by atoms with E-state index in [0.717, 1.165) is 24.2 Å². The molecule has 0 bridgehead atoms. The maximum absolute atomic E-state index is 12.1. The van der Waals surface area contributed by atoms with Gasteiger partial charge >= 0.3 is 5.97 Å². The van der Waals surface area contributed by atoms with Gasteiger partial charge in [0, 0.05) is 12.1 Å². The summed E-state index contributed by atoms with van der Waals surface area (Å²) in [4.78, 5) is 25.7. The highest BCUT2D eigenvalue weighted by atomic mass is 32.1. The summed E-state index contributed by atoms with van der Waals surface area (Å²) in [5, 5.41) is 11.8. The Labute approximate surface area is 122 Å². The second-order valence-electron chi connectivity index (χ2n) is 5.48. The van der Waals surface area contributed by atoms with Gasteiger partial charge in [-0.3, -0.25) is 4.79 Å². The summed E-state index contributed by atoms with van der Waals surface area (Å²) in [6.45, 7) is 0.610. The molecule has 0 aliphatic heterocycles. The molecule has 0 radical (unpaired) electrons. The predicted octanol–water partition coefficient (Wildman–Crippen LogP) is 2.05. The summed E-state index contributed by atoms with van der Waals surface area (Å²) in [6.07, 6.45) is 4.56. The van der Waals surface area contributed by atoms with Gasteiger partial charge in [-0.15, -0.1) is 11.3 Å². The zero-order chi connectivity index (χ0) is 14.8. The first-order chi connectivity index (χ1) is 9.44. The van der Waals surface area contributed by atoms with E-state index >= 15 is 0 Å². The molecule has 0 spiro atoms. The van der Waals surface area contributed by atoms with Crippen LogP contribution in [0.3, 0.4) is 0 Å². The number of hydrogen-bond acceptors (Lipinski definition) is 4. The average Bonchev–Trinajstić information content (AvgIpc) is 3.06. The molecule has 0 atom stereocenters. The number of rotatable bonds is 5. The molecule has 0 unspecified atom stereocenters. The Kier molecular flexibility index (Phi) is 4.45. The third-order valence-electron chi connectivity index (χ3n) is 4.10. The van der Waals surface area contributed by atoms with Crippen LogP contribution in [0.2, 0.25) is 0 Å². The number of carboxylic acid groups (broad SMARTS) is 1. The van der Waals surface area contributed by atoms with Crippen molar-refractivity contribution >= 4 is 23.2 Å². The molecule has 6 heteroatoms. The SMILES string of the molecule is CN(C)C1(CNC(=O)c2ccc(C(=O)O)s2)CCCC1. The summed E-state index contributed by atoms with van der Waals surface area (Å²) < 4.78 is 0. The van der Waals surface area contributed by atoms with Crippen molar-refractivity contribution in [1.82, 2.24) is 10.2 Å². The molecular weight excluding hydrogens is 276 g/mol. The number of nitrogens with zero attached hydrogens (tertiary/aromatic N) is 1. The van der Waals surface area contributed by atoms with Gasteiger partial charge in [-0.05, 0) is 39.1 Å². The number of thiophene rings is 1. The zero-order valence-corrected chi connectivity index (χ0v) is 12.6. The van der Waals surface area contributed by atoms with Gasteiger partial charge in [0.1, 0.15) is 4.88 Å². The van der Waals surface area contributed by atoms with E-state index in [-0.39, 0.29) is 16.3 Å². The summed E-state index contributed by atoms with van der Waals surface area (Å²) in [7, 11) is 4.09. The fraction of sp³-hybridized carbons (Fsp3) is 0.571. The largest absolute Gasteiger partial charge is 0.477 e. The van der Waals surface area contributed by atoms with Crippen molar-refractivity contribution in [3.8, 4) is 0 Å².